The predicted molar refractivity (Wildman–Crippen MR) is 111 cm³/mol. The molecule has 29 heavy (non-hydrogen) atoms. The number of amides is 1. The van der Waals surface area contributed by atoms with Crippen molar-refractivity contribution in [3.63, 3.8) is 0 Å². The minimum absolute atomic E-state index is 0.107. The molecule has 0 radical (unpaired) electrons. The average Bonchev–Trinajstić information content (AvgIpc) is 3.47. The van der Waals surface area contributed by atoms with Gasteiger partial charge in [0.25, 0.3) is 5.91 Å². The number of carbonyl (C=O) groups excluding carboxylic acids is 1. The third-order valence-electron chi connectivity index (χ3n) is 5.45. The van der Waals surface area contributed by atoms with Crippen molar-refractivity contribution in [3.8, 4) is 0 Å². The number of thiazole rings is 1. The number of rotatable bonds is 7. The van der Waals surface area contributed by atoms with Crippen molar-refractivity contribution < 1.29 is 13.9 Å². The Balaban J connectivity index is 1.57. The zero-order chi connectivity index (χ0) is 20.1. The molecule has 8 heteroatoms. The molecule has 1 aliphatic heterocycles. The number of likely N-dealkylation sites (tertiary alicyclic amines) is 1. The molecular formula is C21H24N4O3S. The van der Waals surface area contributed by atoms with E-state index in [0.717, 1.165) is 30.2 Å². The monoisotopic (exact) mass is 412 g/mol. The number of anilines is 1. The van der Waals surface area contributed by atoms with Crippen LogP contribution in [0, 0.1) is 0 Å². The number of piperidine rings is 1. The van der Waals surface area contributed by atoms with Gasteiger partial charge in [-0.15, -0.1) is 11.3 Å². The summed E-state index contributed by atoms with van der Waals surface area (Å²) in [6, 6.07) is 10.5. The van der Waals surface area contributed by atoms with Crippen molar-refractivity contribution in [2.45, 2.75) is 18.3 Å². The van der Waals surface area contributed by atoms with Crippen LogP contribution < -0.4 is 5.32 Å². The molecule has 0 spiro atoms. The lowest BCUT2D eigenvalue weighted by Crippen LogP contribution is -2.45. The number of methoxy groups -OCH3 is 1. The van der Waals surface area contributed by atoms with Gasteiger partial charge in [0.05, 0.1) is 18.5 Å². The molecule has 152 valence electrons. The van der Waals surface area contributed by atoms with Gasteiger partial charge in [-0.3, -0.25) is 4.79 Å². The molecule has 0 aliphatic carbocycles. The van der Waals surface area contributed by atoms with E-state index in [9.17, 15) is 4.79 Å². The summed E-state index contributed by atoms with van der Waals surface area (Å²) in [6.07, 6.45) is 4.37. The second-order valence-electron chi connectivity index (χ2n) is 7.06. The fraction of sp³-hybridized carbons (Fsp3) is 0.381. The lowest BCUT2D eigenvalue weighted by Gasteiger charge is -2.41. The average molecular weight is 413 g/mol. The Kier molecular flexibility index (Phi) is 5.92. The quantitative estimate of drug-likeness (QED) is 0.599. The van der Waals surface area contributed by atoms with E-state index in [1.165, 1.54) is 18.2 Å². The maximum Gasteiger partial charge on any atom is 0.291 e. The van der Waals surface area contributed by atoms with Gasteiger partial charge in [-0.1, -0.05) is 30.3 Å². The Labute approximate surface area is 173 Å². The largest absolute Gasteiger partial charge is 0.438 e. The summed E-state index contributed by atoms with van der Waals surface area (Å²) in [7, 11) is 1.69. The van der Waals surface area contributed by atoms with Gasteiger partial charge in [0, 0.05) is 37.5 Å². The van der Waals surface area contributed by atoms with E-state index in [4.69, 9.17) is 14.1 Å². The number of carbonyl (C=O) groups is 1. The highest BCUT2D eigenvalue weighted by atomic mass is 32.1. The number of hydrogen-bond acceptors (Lipinski definition) is 7. The van der Waals surface area contributed by atoms with Crippen LogP contribution in [0.2, 0.25) is 0 Å². The second-order valence-corrected chi connectivity index (χ2v) is 7.92. The Morgan fingerprint density at radius 2 is 2.10 bits per heavy atom. The highest BCUT2D eigenvalue weighted by Crippen LogP contribution is 2.42. The van der Waals surface area contributed by atoms with Gasteiger partial charge in [-0.05, 0) is 18.4 Å². The molecule has 1 fully saturated rings. The molecule has 1 aliphatic rings. The number of oxazole rings is 1. The Morgan fingerprint density at radius 3 is 2.79 bits per heavy atom. The van der Waals surface area contributed by atoms with Gasteiger partial charge >= 0.3 is 0 Å². The smallest absolute Gasteiger partial charge is 0.291 e. The first-order chi connectivity index (χ1) is 14.2. The van der Waals surface area contributed by atoms with E-state index < -0.39 is 0 Å². The van der Waals surface area contributed by atoms with Crippen LogP contribution in [-0.4, -0.2) is 54.1 Å². The summed E-state index contributed by atoms with van der Waals surface area (Å²) in [6.45, 7) is 2.63. The van der Waals surface area contributed by atoms with E-state index >= 15 is 0 Å². The fourth-order valence-electron chi connectivity index (χ4n) is 3.85. The topological polar surface area (TPSA) is 80.5 Å². The van der Waals surface area contributed by atoms with E-state index in [0.29, 0.717) is 19.7 Å². The van der Waals surface area contributed by atoms with Crippen LogP contribution in [0.5, 0.6) is 0 Å². The summed E-state index contributed by atoms with van der Waals surface area (Å²) in [5.41, 5.74) is 2.08. The van der Waals surface area contributed by atoms with Gasteiger partial charge in [-0.25, -0.2) is 9.97 Å². The van der Waals surface area contributed by atoms with Crippen molar-refractivity contribution in [1.29, 1.82) is 0 Å². The van der Waals surface area contributed by atoms with Gasteiger partial charge in [0.15, 0.2) is 11.5 Å². The number of ether oxygens (including phenoxy) is 1. The van der Waals surface area contributed by atoms with Gasteiger partial charge in [0.1, 0.15) is 0 Å². The van der Waals surface area contributed by atoms with Crippen LogP contribution in [0.3, 0.4) is 0 Å². The third kappa shape index (κ3) is 4.04. The zero-order valence-corrected chi connectivity index (χ0v) is 17.2. The second kappa shape index (κ2) is 8.75. The van der Waals surface area contributed by atoms with Crippen LogP contribution >= 0.6 is 11.3 Å². The molecular weight excluding hydrogens is 388 g/mol. The normalized spacial score (nSPS) is 16.0. The zero-order valence-electron chi connectivity index (χ0n) is 16.3. The standard InChI is InChI=1S/C21H24N4O3S/c1-27-12-9-23-20-24-18(14-29-20)21(16-5-3-2-4-6-16)7-10-25(11-8-21)19(26)17-13-22-15-28-17/h2-6,13-15H,7-12H2,1H3,(H,23,24). The predicted octanol–water partition coefficient (Wildman–Crippen LogP) is 3.41. The molecule has 3 aromatic rings. The first-order valence-corrected chi connectivity index (χ1v) is 10.5. The SMILES string of the molecule is COCCNc1nc(C2(c3ccccc3)CCN(C(=O)c3cnco3)CC2)cs1. The Hall–Kier alpha value is -2.71. The number of hydrogen-bond donors (Lipinski definition) is 1. The molecule has 1 aromatic carbocycles. The summed E-state index contributed by atoms with van der Waals surface area (Å²) >= 11 is 1.61. The van der Waals surface area contributed by atoms with E-state index in [1.54, 1.807) is 18.4 Å². The molecule has 1 N–H and O–H groups in total. The van der Waals surface area contributed by atoms with E-state index in [2.05, 4.69) is 39.9 Å². The summed E-state index contributed by atoms with van der Waals surface area (Å²) in [5.74, 6) is 0.180. The minimum Gasteiger partial charge on any atom is -0.438 e. The number of nitrogens with zero attached hydrogens (tertiary/aromatic N) is 3. The molecule has 4 rings (SSSR count). The van der Waals surface area contributed by atoms with Crippen molar-refractivity contribution in [1.82, 2.24) is 14.9 Å². The highest BCUT2D eigenvalue weighted by molar-refractivity contribution is 7.13. The van der Waals surface area contributed by atoms with Crippen LogP contribution in [0.4, 0.5) is 5.13 Å². The van der Waals surface area contributed by atoms with Crippen LogP contribution in [0.1, 0.15) is 34.7 Å². The first-order valence-electron chi connectivity index (χ1n) is 9.65. The van der Waals surface area contributed by atoms with Crippen LogP contribution in [-0.2, 0) is 10.2 Å². The van der Waals surface area contributed by atoms with Gasteiger partial charge < -0.3 is 19.4 Å². The van der Waals surface area contributed by atoms with Crippen molar-refractivity contribution in [2.75, 3.05) is 38.7 Å². The highest BCUT2D eigenvalue weighted by Gasteiger charge is 2.41. The van der Waals surface area contributed by atoms with Gasteiger partial charge in [0.2, 0.25) is 5.76 Å². The van der Waals surface area contributed by atoms with Crippen molar-refractivity contribution in [2.24, 2.45) is 0 Å². The molecule has 1 amide bonds. The Bertz CT molecular complexity index is 919. The summed E-state index contributed by atoms with van der Waals surface area (Å²) < 4.78 is 10.3. The van der Waals surface area contributed by atoms with E-state index in [-0.39, 0.29) is 17.1 Å². The molecule has 1 saturated heterocycles. The lowest BCUT2D eigenvalue weighted by molar-refractivity contribution is 0.0652. The molecule has 0 saturated carbocycles. The maximum absolute atomic E-state index is 12.7. The molecule has 0 unspecified atom stereocenters. The molecule has 2 aromatic heterocycles. The molecule has 3 heterocycles. The minimum atomic E-state index is -0.211. The van der Waals surface area contributed by atoms with Crippen LogP contribution in [0.15, 0.2) is 52.7 Å². The summed E-state index contributed by atoms with van der Waals surface area (Å²) in [5, 5.41) is 6.35. The summed E-state index contributed by atoms with van der Waals surface area (Å²) in [4.78, 5) is 23.2. The molecule has 0 atom stereocenters. The molecule has 7 nitrogen and oxygen atoms in total. The lowest BCUT2D eigenvalue weighted by atomic mass is 9.70. The van der Waals surface area contributed by atoms with Crippen molar-refractivity contribution >= 4 is 22.4 Å². The van der Waals surface area contributed by atoms with Gasteiger partial charge in [-0.2, -0.15) is 0 Å². The number of benzene rings is 1. The first kappa shape index (κ1) is 19.6. The van der Waals surface area contributed by atoms with Crippen LogP contribution in [0.25, 0.3) is 0 Å². The number of aromatic nitrogens is 2. The molecule has 0 bridgehead atoms. The van der Waals surface area contributed by atoms with Crippen molar-refractivity contribution in [3.05, 3.63) is 65.3 Å². The fourth-order valence-corrected chi connectivity index (χ4v) is 4.69. The van der Waals surface area contributed by atoms with E-state index in [1.807, 2.05) is 11.0 Å². The third-order valence-corrected chi connectivity index (χ3v) is 6.25. The maximum atomic E-state index is 12.7. The number of nitrogens with one attached hydrogen (secondary N) is 1. The Morgan fingerprint density at radius 1 is 1.31 bits per heavy atom.